The van der Waals surface area contributed by atoms with Crippen LogP contribution < -0.4 is 10.1 Å². The maximum absolute atomic E-state index is 6.20. The fraction of sp³-hybridized carbons (Fsp3) is 0.368. The van der Waals surface area contributed by atoms with E-state index in [4.69, 9.17) is 39.5 Å². The number of benzene rings is 2. The quantitative estimate of drug-likeness (QED) is 0.579. The van der Waals surface area contributed by atoms with Crippen LogP contribution in [0.15, 0.2) is 36.4 Å². The fourth-order valence-corrected chi connectivity index (χ4v) is 3.02. The Hall–Kier alpha value is -0.970. The molecular formula is C19H23Cl3N2O. The molecule has 0 fully saturated rings. The summed E-state index contributed by atoms with van der Waals surface area (Å²) in [5, 5.41) is 5.34. The highest BCUT2D eigenvalue weighted by Gasteiger charge is 2.07. The van der Waals surface area contributed by atoms with Gasteiger partial charge in [0, 0.05) is 32.7 Å². The summed E-state index contributed by atoms with van der Waals surface area (Å²) in [7, 11) is 4.15. The highest BCUT2D eigenvalue weighted by Crippen LogP contribution is 2.26. The molecule has 25 heavy (non-hydrogen) atoms. The van der Waals surface area contributed by atoms with E-state index in [-0.39, 0.29) is 0 Å². The van der Waals surface area contributed by atoms with Crippen molar-refractivity contribution in [3.8, 4) is 5.75 Å². The van der Waals surface area contributed by atoms with Crippen LogP contribution in [0.3, 0.4) is 0 Å². The molecule has 0 saturated carbocycles. The van der Waals surface area contributed by atoms with Crippen LogP contribution in [0.25, 0.3) is 0 Å². The molecule has 6 heteroatoms. The van der Waals surface area contributed by atoms with Gasteiger partial charge >= 0.3 is 0 Å². The molecule has 0 aliphatic heterocycles. The second-order valence-corrected chi connectivity index (χ2v) is 7.39. The van der Waals surface area contributed by atoms with Gasteiger partial charge in [-0.3, -0.25) is 0 Å². The maximum atomic E-state index is 6.20. The average Bonchev–Trinajstić information content (AvgIpc) is 2.55. The van der Waals surface area contributed by atoms with Crippen LogP contribution in [0.5, 0.6) is 5.75 Å². The Morgan fingerprint density at radius 1 is 0.960 bits per heavy atom. The molecule has 0 radical (unpaired) electrons. The minimum absolute atomic E-state index is 0.380. The van der Waals surface area contributed by atoms with Crippen LogP contribution in [-0.4, -0.2) is 32.1 Å². The number of nitrogens with one attached hydrogen (secondary N) is 1. The normalized spacial score (nSPS) is 11.1. The third-order valence-electron chi connectivity index (χ3n) is 3.70. The Bertz CT molecular complexity index is 692. The molecule has 2 rings (SSSR count). The van der Waals surface area contributed by atoms with Crippen molar-refractivity contribution in [1.29, 1.82) is 0 Å². The topological polar surface area (TPSA) is 24.5 Å². The zero-order valence-electron chi connectivity index (χ0n) is 14.5. The highest BCUT2D eigenvalue weighted by molar-refractivity contribution is 6.35. The van der Waals surface area contributed by atoms with Crippen LogP contribution in [0, 0.1) is 0 Å². The number of rotatable bonds is 9. The Kier molecular flexibility index (Phi) is 8.34. The molecule has 0 atom stereocenters. The molecule has 0 amide bonds. The summed E-state index contributed by atoms with van der Waals surface area (Å²) in [6.45, 7) is 3.08. The van der Waals surface area contributed by atoms with E-state index in [1.54, 1.807) is 12.1 Å². The molecule has 0 saturated heterocycles. The fourth-order valence-electron chi connectivity index (χ4n) is 2.36. The van der Waals surface area contributed by atoms with Crippen LogP contribution >= 0.6 is 34.8 Å². The second kappa shape index (κ2) is 10.2. The molecule has 0 heterocycles. The van der Waals surface area contributed by atoms with Gasteiger partial charge in [-0.2, -0.15) is 0 Å². The SMILES string of the molecule is CN(C)CCCNCc1cc(Cl)ccc1OCc1ccc(Cl)cc1Cl. The van der Waals surface area contributed by atoms with E-state index in [2.05, 4.69) is 24.3 Å². The van der Waals surface area contributed by atoms with Crippen LogP contribution in [0.1, 0.15) is 17.5 Å². The smallest absolute Gasteiger partial charge is 0.124 e. The summed E-state index contributed by atoms with van der Waals surface area (Å²) in [5.41, 5.74) is 1.92. The molecule has 0 spiro atoms. The van der Waals surface area contributed by atoms with E-state index in [0.29, 0.717) is 28.2 Å². The molecule has 0 aromatic heterocycles. The van der Waals surface area contributed by atoms with Crippen LogP contribution in [0.2, 0.25) is 15.1 Å². The first-order valence-electron chi connectivity index (χ1n) is 8.16. The first-order valence-corrected chi connectivity index (χ1v) is 9.29. The van der Waals surface area contributed by atoms with Gasteiger partial charge in [0.25, 0.3) is 0 Å². The molecule has 1 N–H and O–H groups in total. The van der Waals surface area contributed by atoms with E-state index >= 15 is 0 Å². The number of halogens is 3. The van der Waals surface area contributed by atoms with Crippen molar-refractivity contribution in [1.82, 2.24) is 10.2 Å². The summed E-state index contributed by atoms with van der Waals surface area (Å²) in [5.74, 6) is 0.801. The molecule has 3 nitrogen and oxygen atoms in total. The lowest BCUT2D eigenvalue weighted by atomic mass is 10.2. The number of hydrogen-bond donors (Lipinski definition) is 1. The van der Waals surface area contributed by atoms with E-state index < -0.39 is 0 Å². The molecule has 2 aromatic rings. The first-order chi connectivity index (χ1) is 12.0. The molecule has 0 bridgehead atoms. The van der Waals surface area contributed by atoms with Gasteiger partial charge in [0.15, 0.2) is 0 Å². The van der Waals surface area contributed by atoms with Crippen molar-refractivity contribution in [2.45, 2.75) is 19.6 Å². The van der Waals surface area contributed by atoms with Crippen molar-refractivity contribution in [3.05, 3.63) is 62.6 Å². The number of nitrogens with zero attached hydrogens (tertiary/aromatic N) is 1. The Morgan fingerprint density at radius 2 is 1.68 bits per heavy atom. The molecule has 0 aliphatic rings. The van der Waals surface area contributed by atoms with Gasteiger partial charge in [-0.1, -0.05) is 40.9 Å². The average molecular weight is 402 g/mol. The van der Waals surface area contributed by atoms with Gasteiger partial charge in [-0.25, -0.2) is 0 Å². The molecule has 0 aliphatic carbocycles. The van der Waals surface area contributed by atoms with Crippen molar-refractivity contribution >= 4 is 34.8 Å². The molecule has 2 aromatic carbocycles. The van der Waals surface area contributed by atoms with E-state index in [1.165, 1.54) is 0 Å². The third-order valence-corrected chi connectivity index (χ3v) is 4.52. The standard InChI is InChI=1S/C19H23Cl3N2O/c1-24(2)9-3-8-23-12-15-10-16(20)6-7-19(15)25-13-14-4-5-17(21)11-18(14)22/h4-7,10-11,23H,3,8-9,12-13H2,1-2H3. The lowest BCUT2D eigenvalue weighted by Gasteiger charge is -2.14. The van der Waals surface area contributed by atoms with Gasteiger partial charge in [0.1, 0.15) is 12.4 Å². The molecule has 0 unspecified atom stereocenters. The third kappa shape index (κ3) is 7.04. The summed E-state index contributed by atoms with van der Waals surface area (Å²) < 4.78 is 5.96. The zero-order valence-corrected chi connectivity index (χ0v) is 16.8. The zero-order chi connectivity index (χ0) is 18.2. The van der Waals surface area contributed by atoms with Crippen LogP contribution in [0.4, 0.5) is 0 Å². The minimum Gasteiger partial charge on any atom is -0.489 e. The Balaban J connectivity index is 1.95. The lowest BCUT2D eigenvalue weighted by Crippen LogP contribution is -2.21. The molecule has 136 valence electrons. The van der Waals surface area contributed by atoms with Crippen molar-refractivity contribution in [3.63, 3.8) is 0 Å². The van der Waals surface area contributed by atoms with Gasteiger partial charge < -0.3 is 15.0 Å². The van der Waals surface area contributed by atoms with Crippen molar-refractivity contribution in [2.75, 3.05) is 27.2 Å². The van der Waals surface area contributed by atoms with Crippen LogP contribution in [-0.2, 0) is 13.2 Å². The van der Waals surface area contributed by atoms with E-state index in [1.807, 2.05) is 24.3 Å². The summed E-state index contributed by atoms with van der Waals surface area (Å²) in [6, 6.07) is 11.1. The summed E-state index contributed by atoms with van der Waals surface area (Å²) >= 11 is 18.3. The highest BCUT2D eigenvalue weighted by atomic mass is 35.5. The molecular weight excluding hydrogens is 379 g/mol. The van der Waals surface area contributed by atoms with Gasteiger partial charge in [0.05, 0.1) is 0 Å². The Morgan fingerprint density at radius 3 is 2.40 bits per heavy atom. The second-order valence-electron chi connectivity index (χ2n) is 6.11. The van der Waals surface area contributed by atoms with Crippen molar-refractivity contribution in [2.24, 2.45) is 0 Å². The predicted octanol–water partition coefficient (Wildman–Crippen LogP) is 5.27. The maximum Gasteiger partial charge on any atom is 0.124 e. The minimum atomic E-state index is 0.380. The van der Waals surface area contributed by atoms with E-state index in [0.717, 1.165) is 36.4 Å². The first kappa shape index (κ1) is 20.3. The lowest BCUT2D eigenvalue weighted by molar-refractivity contribution is 0.302. The Labute approximate surface area is 164 Å². The number of ether oxygens (including phenoxy) is 1. The van der Waals surface area contributed by atoms with Gasteiger partial charge in [-0.05, 0) is 63.9 Å². The summed E-state index contributed by atoms with van der Waals surface area (Å²) in [4.78, 5) is 2.17. The van der Waals surface area contributed by atoms with E-state index in [9.17, 15) is 0 Å². The summed E-state index contributed by atoms with van der Waals surface area (Å²) in [6.07, 6.45) is 1.09. The largest absolute Gasteiger partial charge is 0.489 e. The monoisotopic (exact) mass is 400 g/mol. The van der Waals surface area contributed by atoms with Gasteiger partial charge in [0.2, 0.25) is 0 Å². The van der Waals surface area contributed by atoms with Gasteiger partial charge in [-0.15, -0.1) is 0 Å². The number of hydrogen-bond acceptors (Lipinski definition) is 3. The van der Waals surface area contributed by atoms with Crippen molar-refractivity contribution < 1.29 is 4.74 Å². The predicted molar refractivity (Wildman–Crippen MR) is 107 cm³/mol.